The first kappa shape index (κ1) is 21.8. The van der Waals surface area contributed by atoms with Crippen LogP contribution in [-0.4, -0.2) is 49.2 Å². The second-order valence-electron chi connectivity index (χ2n) is 8.23. The average Bonchev–Trinajstić information content (AvgIpc) is 3.52. The summed E-state index contributed by atoms with van der Waals surface area (Å²) in [4.78, 5) is 19.5. The number of benzene rings is 2. The van der Waals surface area contributed by atoms with E-state index in [0.717, 1.165) is 28.2 Å². The number of aromatic nitrogens is 1. The third-order valence-corrected chi connectivity index (χ3v) is 8.12. The molecule has 0 radical (unpaired) electrons. The van der Waals surface area contributed by atoms with Crippen molar-refractivity contribution >= 4 is 33.1 Å². The molecule has 0 unspecified atom stereocenters. The molecule has 9 heteroatoms. The minimum Gasteiger partial charge on any atom is -0.354 e. The van der Waals surface area contributed by atoms with E-state index in [-0.39, 0.29) is 10.8 Å². The lowest BCUT2D eigenvalue weighted by atomic mass is 10.1. The maximum Gasteiger partial charge on any atom is 0.285 e. The molecule has 1 aromatic heterocycles. The van der Waals surface area contributed by atoms with Gasteiger partial charge in [-0.3, -0.25) is 4.79 Å². The SMILES string of the molecule is Cc1nc(-c2ccc(CCNC(=O)[C@@H]3CCCN3C3=NS(=O)(=O)c4ccccc43)cc2)cs1. The van der Waals surface area contributed by atoms with Gasteiger partial charge in [-0.1, -0.05) is 36.4 Å². The summed E-state index contributed by atoms with van der Waals surface area (Å²) in [6.07, 6.45) is 2.21. The number of amides is 1. The highest BCUT2D eigenvalue weighted by molar-refractivity contribution is 7.90. The second-order valence-corrected chi connectivity index (χ2v) is 10.9. The summed E-state index contributed by atoms with van der Waals surface area (Å²) < 4.78 is 28.8. The van der Waals surface area contributed by atoms with Crippen LogP contribution in [0.4, 0.5) is 0 Å². The zero-order valence-electron chi connectivity index (χ0n) is 18.2. The first-order valence-corrected chi connectivity index (χ1v) is 13.2. The molecule has 1 fully saturated rings. The third-order valence-electron chi connectivity index (χ3n) is 6.02. The van der Waals surface area contributed by atoms with Crippen molar-refractivity contribution in [2.75, 3.05) is 13.1 Å². The van der Waals surface area contributed by atoms with Crippen LogP contribution in [0, 0.1) is 6.92 Å². The molecule has 1 N–H and O–H groups in total. The molecule has 1 atom stereocenters. The van der Waals surface area contributed by atoms with E-state index >= 15 is 0 Å². The van der Waals surface area contributed by atoms with Crippen LogP contribution in [0.5, 0.6) is 0 Å². The number of nitrogens with zero attached hydrogens (tertiary/aromatic N) is 3. The molecular weight excluding hydrogens is 456 g/mol. The number of aryl methyl sites for hydroxylation is 1. The summed E-state index contributed by atoms with van der Waals surface area (Å²) in [5.74, 6) is 0.294. The molecule has 3 heterocycles. The highest BCUT2D eigenvalue weighted by Gasteiger charge is 2.39. The maximum absolute atomic E-state index is 13.0. The summed E-state index contributed by atoms with van der Waals surface area (Å²) >= 11 is 1.63. The lowest BCUT2D eigenvalue weighted by molar-refractivity contribution is -0.124. The number of rotatable bonds is 5. The van der Waals surface area contributed by atoms with Gasteiger partial charge in [0, 0.05) is 29.6 Å². The van der Waals surface area contributed by atoms with Crippen LogP contribution in [-0.2, 0) is 21.2 Å². The number of likely N-dealkylation sites (tertiary alicyclic amines) is 1. The smallest absolute Gasteiger partial charge is 0.285 e. The summed E-state index contributed by atoms with van der Waals surface area (Å²) in [5.41, 5.74) is 3.78. The Morgan fingerprint density at radius 2 is 1.97 bits per heavy atom. The van der Waals surface area contributed by atoms with Crippen molar-refractivity contribution < 1.29 is 13.2 Å². The van der Waals surface area contributed by atoms with Gasteiger partial charge in [-0.25, -0.2) is 4.98 Å². The summed E-state index contributed by atoms with van der Waals surface area (Å²) in [6, 6.07) is 14.6. The van der Waals surface area contributed by atoms with E-state index in [0.29, 0.717) is 37.3 Å². The Labute approximate surface area is 197 Å². The third kappa shape index (κ3) is 4.30. The van der Waals surface area contributed by atoms with Crippen LogP contribution >= 0.6 is 11.3 Å². The van der Waals surface area contributed by atoms with Crippen molar-refractivity contribution in [3.05, 3.63) is 70.0 Å². The lowest BCUT2D eigenvalue weighted by Crippen LogP contribution is -2.46. The summed E-state index contributed by atoms with van der Waals surface area (Å²) in [5, 5.41) is 6.12. The molecule has 0 saturated carbocycles. The Balaban J connectivity index is 1.22. The fraction of sp³-hybridized carbons (Fsp3) is 0.292. The van der Waals surface area contributed by atoms with Crippen LogP contribution < -0.4 is 5.32 Å². The number of hydrogen-bond donors (Lipinski definition) is 1. The van der Waals surface area contributed by atoms with Gasteiger partial charge in [-0.2, -0.15) is 8.42 Å². The Bertz CT molecular complexity index is 1330. The van der Waals surface area contributed by atoms with E-state index in [1.807, 2.05) is 11.8 Å². The first-order valence-electron chi connectivity index (χ1n) is 10.9. The minimum absolute atomic E-state index is 0.0912. The molecule has 2 aliphatic rings. The Hall–Kier alpha value is -3.04. The minimum atomic E-state index is -3.71. The van der Waals surface area contributed by atoms with E-state index < -0.39 is 16.1 Å². The molecule has 5 rings (SSSR count). The van der Waals surface area contributed by atoms with Crippen molar-refractivity contribution in [2.24, 2.45) is 4.40 Å². The number of amidine groups is 1. The highest BCUT2D eigenvalue weighted by atomic mass is 32.2. The van der Waals surface area contributed by atoms with E-state index in [2.05, 4.69) is 44.3 Å². The zero-order valence-corrected chi connectivity index (χ0v) is 19.8. The van der Waals surface area contributed by atoms with Crippen molar-refractivity contribution in [2.45, 2.75) is 37.1 Å². The van der Waals surface area contributed by atoms with Gasteiger partial charge in [-0.05, 0) is 43.9 Å². The second kappa shape index (κ2) is 8.72. The fourth-order valence-electron chi connectivity index (χ4n) is 4.37. The van der Waals surface area contributed by atoms with Gasteiger partial charge in [0.15, 0.2) is 5.84 Å². The maximum atomic E-state index is 13.0. The highest BCUT2D eigenvalue weighted by Crippen LogP contribution is 2.31. The predicted octanol–water partition coefficient (Wildman–Crippen LogP) is 3.39. The molecule has 3 aromatic rings. The standard InChI is InChI=1S/C24H24N4O3S2/c1-16-26-20(15-32-16)18-10-8-17(9-11-18)12-13-25-24(29)21-6-4-14-28(21)23-19-5-2-3-7-22(19)33(30,31)27-23/h2-3,5,7-11,15,21H,4,6,12-14H2,1H3,(H,25,29)/t21-/m0/s1. The Morgan fingerprint density at radius 3 is 2.73 bits per heavy atom. The van der Waals surface area contributed by atoms with Crippen LogP contribution in [0.2, 0.25) is 0 Å². The number of carbonyl (C=O) groups excluding carboxylic acids is 1. The van der Waals surface area contributed by atoms with Crippen molar-refractivity contribution in [1.82, 2.24) is 15.2 Å². The number of thiazole rings is 1. The van der Waals surface area contributed by atoms with E-state index in [4.69, 9.17) is 0 Å². The topological polar surface area (TPSA) is 91.7 Å². The average molecular weight is 481 g/mol. The van der Waals surface area contributed by atoms with E-state index in [9.17, 15) is 13.2 Å². The number of sulfonamides is 1. The molecule has 0 aliphatic carbocycles. The summed E-state index contributed by atoms with van der Waals surface area (Å²) in [6.45, 7) is 3.12. The number of nitrogens with one attached hydrogen (secondary N) is 1. The van der Waals surface area contributed by atoms with Crippen molar-refractivity contribution in [3.8, 4) is 11.3 Å². The van der Waals surface area contributed by atoms with Gasteiger partial charge in [0.05, 0.1) is 10.7 Å². The van der Waals surface area contributed by atoms with Gasteiger partial charge in [0.25, 0.3) is 10.0 Å². The van der Waals surface area contributed by atoms with Gasteiger partial charge in [0.1, 0.15) is 10.9 Å². The molecule has 33 heavy (non-hydrogen) atoms. The van der Waals surface area contributed by atoms with E-state index in [1.165, 1.54) is 0 Å². The zero-order chi connectivity index (χ0) is 23.0. The fourth-order valence-corrected chi connectivity index (χ4v) is 6.21. The van der Waals surface area contributed by atoms with E-state index in [1.54, 1.807) is 35.6 Å². The molecule has 7 nitrogen and oxygen atoms in total. The van der Waals surface area contributed by atoms with Gasteiger partial charge in [0.2, 0.25) is 5.91 Å². The number of hydrogen-bond acceptors (Lipinski definition) is 6. The summed E-state index contributed by atoms with van der Waals surface area (Å²) in [7, 11) is -3.71. The largest absolute Gasteiger partial charge is 0.354 e. The van der Waals surface area contributed by atoms with Crippen LogP contribution in [0.15, 0.2) is 63.2 Å². The van der Waals surface area contributed by atoms with Crippen molar-refractivity contribution in [3.63, 3.8) is 0 Å². The molecule has 1 saturated heterocycles. The Kier molecular flexibility index (Phi) is 5.76. The monoisotopic (exact) mass is 480 g/mol. The van der Waals surface area contributed by atoms with Crippen LogP contribution in [0.3, 0.4) is 0 Å². The normalized spacial score (nSPS) is 18.8. The molecule has 0 spiro atoms. The van der Waals surface area contributed by atoms with Crippen LogP contribution in [0.25, 0.3) is 11.3 Å². The predicted molar refractivity (Wildman–Crippen MR) is 129 cm³/mol. The molecule has 2 aromatic carbocycles. The van der Waals surface area contributed by atoms with Gasteiger partial charge < -0.3 is 10.2 Å². The van der Waals surface area contributed by atoms with Gasteiger partial charge >= 0.3 is 0 Å². The first-order chi connectivity index (χ1) is 15.9. The number of fused-ring (bicyclic) bond motifs is 1. The van der Waals surface area contributed by atoms with Crippen molar-refractivity contribution in [1.29, 1.82) is 0 Å². The molecule has 0 bridgehead atoms. The molecule has 170 valence electrons. The Morgan fingerprint density at radius 1 is 1.18 bits per heavy atom. The quantitative estimate of drug-likeness (QED) is 0.604. The lowest BCUT2D eigenvalue weighted by Gasteiger charge is -2.25. The molecule has 1 amide bonds. The number of carbonyl (C=O) groups is 1. The van der Waals surface area contributed by atoms with Gasteiger partial charge in [-0.15, -0.1) is 15.7 Å². The molecule has 2 aliphatic heterocycles. The molecular formula is C24H24N4O3S2. The van der Waals surface area contributed by atoms with Crippen LogP contribution in [0.1, 0.15) is 29.0 Å².